The minimum atomic E-state index is -0.965. The van der Waals surface area contributed by atoms with Gasteiger partial charge in [0, 0.05) is 16.0 Å². The van der Waals surface area contributed by atoms with Crippen LogP contribution in [0, 0.1) is 13.8 Å². The number of amides is 2. The van der Waals surface area contributed by atoms with E-state index in [-0.39, 0.29) is 24.9 Å². The lowest BCUT2D eigenvalue weighted by molar-refractivity contribution is -0.143. The van der Waals surface area contributed by atoms with E-state index in [2.05, 4.69) is 20.7 Å². The Morgan fingerprint density at radius 2 is 1.86 bits per heavy atom. The largest absolute Gasteiger partial charge is 0.464 e. The van der Waals surface area contributed by atoms with Gasteiger partial charge in [0.2, 0.25) is 11.7 Å². The molecule has 4 rings (SSSR count). The maximum atomic E-state index is 13.7. The number of aromatic nitrogens is 4. The standard InChI is InChI=1S/C26H30N6O3S/c1-17-8-11-19(12-9-17)24-28-30-32(29-24)16-22(33)31(15-20-7-6-14-36-20)23(21-13-10-18(2)35-21)25(34)27-26(3,4)5/h6-14,23H,15-16H2,1-5H3,(H,27,34)/t23-/m1/s1. The molecule has 1 atom stereocenters. The topological polar surface area (TPSA) is 106 Å². The molecule has 0 saturated heterocycles. The van der Waals surface area contributed by atoms with Crippen LogP contribution in [-0.2, 0) is 22.7 Å². The summed E-state index contributed by atoms with van der Waals surface area (Å²) in [6, 6.07) is 14.2. The second-order valence-electron chi connectivity index (χ2n) is 9.70. The second-order valence-corrected chi connectivity index (χ2v) is 10.7. The third kappa shape index (κ3) is 6.25. The molecule has 0 unspecified atom stereocenters. The van der Waals surface area contributed by atoms with Crippen molar-refractivity contribution in [2.24, 2.45) is 0 Å². The lowest BCUT2D eigenvalue weighted by atomic mass is 10.1. The summed E-state index contributed by atoms with van der Waals surface area (Å²) in [7, 11) is 0. The van der Waals surface area contributed by atoms with Crippen LogP contribution in [0.4, 0.5) is 0 Å². The Morgan fingerprint density at radius 1 is 1.11 bits per heavy atom. The van der Waals surface area contributed by atoms with E-state index in [1.165, 1.54) is 21.0 Å². The third-order valence-corrected chi connectivity index (χ3v) is 6.22. The zero-order valence-electron chi connectivity index (χ0n) is 21.1. The zero-order valence-corrected chi connectivity index (χ0v) is 21.9. The Morgan fingerprint density at radius 3 is 2.47 bits per heavy atom. The van der Waals surface area contributed by atoms with Crippen molar-refractivity contribution in [3.63, 3.8) is 0 Å². The molecular formula is C26H30N6O3S. The number of nitrogens with zero attached hydrogens (tertiary/aromatic N) is 5. The van der Waals surface area contributed by atoms with Crippen LogP contribution < -0.4 is 5.32 Å². The summed E-state index contributed by atoms with van der Waals surface area (Å²) >= 11 is 1.51. The van der Waals surface area contributed by atoms with E-state index in [0.717, 1.165) is 16.0 Å². The lowest BCUT2D eigenvalue weighted by Gasteiger charge is -2.32. The van der Waals surface area contributed by atoms with Gasteiger partial charge in [-0.2, -0.15) is 4.80 Å². The maximum Gasteiger partial charge on any atom is 0.251 e. The molecule has 1 N–H and O–H groups in total. The molecule has 0 aliphatic rings. The van der Waals surface area contributed by atoms with Crippen LogP contribution >= 0.6 is 11.3 Å². The van der Waals surface area contributed by atoms with E-state index in [4.69, 9.17) is 4.42 Å². The minimum Gasteiger partial charge on any atom is -0.464 e. The number of hydrogen-bond acceptors (Lipinski definition) is 7. The monoisotopic (exact) mass is 506 g/mol. The third-order valence-electron chi connectivity index (χ3n) is 5.35. The first-order valence-corrected chi connectivity index (χ1v) is 12.5. The van der Waals surface area contributed by atoms with Crippen LogP contribution in [0.15, 0.2) is 58.3 Å². The number of thiophene rings is 1. The van der Waals surface area contributed by atoms with Crippen LogP contribution in [0.2, 0.25) is 0 Å². The number of furan rings is 1. The average Bonchev–Trinajstić information content (AvgIpc) is 3.56. The second kappa shape index (κ2) is 10.4. The molecule has 36 heavy (non-hydrogen) atoms. The highest BCUT2D eigenvalue weighted by Gasteiger charge is 2.36. The predicted molar refractivity (Wildman–Crippen MR) is 137 cm³/mol. The highest BCUT2D eigenvalue weighted by atomic mass is 32.1. The molecule has 0 bridgehead atoms. The van der Waals surface area contributed by atoms with Gasteiger partial charge in [0.15, 0.2) is 6.04 Å². The van der Waals surface area contributed by atoms with Crippen molar-refractivity contribution in [2.75, 3.05) is 0 Å². The van der Waals surface area contributed by atoms with Gasteiger partial charge >= 0.3 is 0 Å². The van der Waals surface area contributed by atoms with E-state index in [0.29, 0.717) is 17.3 Å². The van der Waals surface area contributed by atoms with Gasteiger partial charge in [-0.25, -0.2) is 0 Å². The van der Waals surface area contributed by atoms with E-state index < -0.39 is 11.6 Å². The summed E-state index contributed by atoms with van der Waals surface area (Å²) in [5.74, 6) is 0.818. The van der Waals surface area contributed by atoms with Gasteiger partial charge in [0.05, 0.1) is 6.54 Å². The van der Waals surface area contributed by atoms with Crippen molar-refractivity contribution in [1.29, 1.82) is 0 Å². The molecule has 4 aromatic rings. The SMILES string of the molecule is Cc1ccc(-c2nnn(CC(=O)N(Cc3cccs3)[C@@H](C(=O)NC(C)(C)C)c3ccc(C)o3)n2)cc1. The molecule has 0 spiro atoms. The average molecular weight is 507 g/mol. The molecule has 3 aromatic heterocycles. The number of rotatable bonds is 8. The fraction of sp³-hybridized carbons (Fsp3) is 0.346. The molecule has 9 nitrogen and oxygen atoms in total. The van der Waals surface area contributed by atoms with Gasteiger partial charge in [0.1, 0.15) is 18.1 Å². The number of tetrazole rings is 1. The summed E-state index contributed by atoms with van der Waals surface area (Å²) in [4.78, 5) is 30.9. The molecule has 0 aliphatic heterocycles. The van der Waals surface area contributed by atoms with Crippen LogP contribution in [0.3, 0.4) is 0 Å². The molecule has 0 aliphatic carbocycles. The molecule has 0 radical (unpaired) electrons. The normalized spacial score (nSPS) is 12.4. The van der Waals surface area contributed by atoms with Crippen LogP contribution in [0.5, 0.6) is 0 Å². The summed E-state index contributed by atoms with van der Waals surface area (Å²) < 4.78 is 5.85. The maximum absolute atomic E-state index is 13.7. The Hall–Kier alpha value is -3.79. The van der Waals surface area contributed by atoms with Crippen LogP contribution in [0.25, 0.3) is 11.4 Å². The van der Waals surface area contributed by atoms with E-state index >= 15 is 0 Å². The van der Waals surface area contributed by atoms with Gasteiger partial charge in [0.25, 0.3) is 5.91 Å². The molecule has 188 valence electrons. The highest BCUT2D eigenvalue weighted by molar-refractivity contribution is 7.09. The van der Waals surface area contributed by atoms with E-state index in [1.54, 1.807) is 19.1 Å². The predicted octanol–water partition coefficient (Wildman–Crippen LogP) is 4.30. The first kappa shape index (κ1) is 25.3. The summed E-state index contributed by atoms with van der Waals surface area (Å²) in [6.07, 6.45) is 0. The number of aryl methyl sites for hydroxylation is 2. The van der Waals surface area contributed by atoms with Crippen molar-refractivity contribution >= 4 is 23.2 Å². The van der Waals surface area contributed by atoms with Crippen molar-refractivity contribution < 1.29 is 14.0 Å². The smallest absolute Gasteiger partial charge is 0.251 e. The van der Waals surface area contributed by atoms with Crippen molar-refractivity contribution in [3.05, 3.63) is 75.9 Å². The molecular weight excluding hydrogens is 476 g/mol. The van der Waals surface area contributed by atoms with Gasteiger partial charge in [-0.1, -0.05) is 35.9 Å². The number of hydrogen-bond donors (Lipinski definition) is 1. The Bertz CT molecular complexity index is 1320. The quantitative estimate of drug-likeness (QED) is 0.382. The summed E-state index contributed by atoms with van der Waals surface area (Å²) in [5.41, 5.74) is 1.44. The number of benzene rings is 1. The van der Waals surface area contributed by atoms with Crippen molar-refractivity contribution in [2.45, 2.75) is 59.3 Å². The van der Waals surface area contributed by atoms with E-state index in [1.807, 2.05) is 69.5 Å². The molecule has 0 saturated carbocycles. The summed E-state index contributed by atoms with van der Waals surface area (Å²) in [6.45, 7) is 9.55. The van der Waals surface area contributed by atoms with Crippen LogP contribution in [0.1, 0.15) is 48.8 Å². The fourth-order valence-corrected chi connectivity index (χ4v) is 4.40. The molecule has 1 aromatic carbocycles. The molecule has 0 fully saturated rings. The zero-order chi connectivity index (χ0) is 25.9. The van der Waals surface area contributed by atoms with Crippen molar-refractivity contribution in [1.82, 2.24) is 30.4 Å². The van der Waals surface area contributed by atoms with E-state index in [9.17, 15) is 9.59 Å². The van der Waals surface area contributed by atoms with Crippen LogP contribution in [-0.4, -0.2) is 42.5 Å². The lowest BCUT2D eigenvalue weighted by Crippen LogP contribution is -2.49. The van der Waals surface area contributed by atoms with Gasteiger partial charge in [-0.05, 0) is 63.4 Å². The number of carbonyl (C=O) groups excluding carboxylic acids is 2. The first-order valence-electron chi connectivity index (χ1n) is 11.6. The molecule has 10 heteroatoms. The molecule has 3 heterocycles. The first-order chi connectivity index (χ1) is 17.1. The Kier molecular flexibility index (Phi) is 7.35. The van der Waals surface area contributed by atoms with Gasteiger partial charge in [-0.15, -0.1) is 21.5 Å². The van der Waals surface area contributed by atoms with Gasteiger partial charge < -0.3 is 14.6 Å². The highest BCUT2D eigenvalue weighted by Crippen LogP contribution is 2.28. The fourth-order valence-electron chi connectivity index (χ4n) is 3.70. The Labute approximate surface area is 214 Å². The summed E-state index contributed by atoms with van der Waals surface area (Å²) in [5, 5.41) is 17.5. The Balaban J connectivity index is 1.65. The number of carbonyl (C=O) groups is 2. The number of nitrogens with one attached hydrogen (secondary N) is 1. The minimum absolute atomic E-state index is 0.177. The van der Waals surface area contributed by atoms with Gasteiger partial charge in [-0.3, -0.25) is 9.59 Å². The van der Waals surface area contributed by atoms with Crippen molar-refractivity contribution in [3.8, 4) is 11.4 Å². The molecule has 2 amide bonds.